The molecule has 1 aliphatic carbocycles. The first-order valence-electron chi connectivity index (χ1n) is 15.3. The Morgan fingerprint density at radius 1 is 0.978 bits per heavy atom. The van der Waals surface area contributed by atoms with E-state index in [0.717, 1.165) is 44.1 Å². The van der Waals surface area contributed by atoms with Gasteiger partial charge in [0.05, 0.1) is 16.0 Å². The van der Waals surface area contributed by atoms with Gasteiger partial charge >= 0.3 is 0 Å². The van der Waals surface area contributed by atoms with Gasteiger partial charge in [0, 0.05) is 23.9 Å². The number of hydrogen-bond donors (Lipinski definition) is 1. The van der Waals surface area contributed by atoms with Gasteiger partial charge in [-0.25, -0.2) is 21.9 Å². The summed E-state index contributed by atoms with van der Waals surface area (Å²) in [5.41, 5.74) is 2.44. The number of nitrogens with one attached hydrogen (secondary N) is 1. The van der Waals surface area contributed by atoms with Gasteiger partial charge in [0.1, 0.15) is 23.6 Å². The second-order valence-electron chi connectivity index (χ2n) is 11.4. The average Bonchev–Trinajstić information content (AvgIpc) is 3.04. The van der Waals surface area contributed by atoms with Crippen LogP contribution in [0.15, 0.2) is 71.6 Å². The zero-order valence-electron chi connectivity index (χ0n) is 25.2. The third-order valence-corrected chi connectivity index (χ3v) is 9.86. The molecule has 0 aliphatic heterocycles. The molecule has 0 radical (unpaired) electrons. The summed E-state index contributed by atoms with van der Waals surface area (Å²) in [6.45, 7) is 2.33. The van der Waals surface area contributed by atoms with Crippen LogP contribution in [0.2, 0.25) is 0 Å². The highest BCUT2D eigenvalue weighted by Gasteiger charge is 2.25. The summed E-state index contributed by atoms with van der Waals surface area (Å²) in [7, 11) is -3.69. The molecule has 0 unspecified atom stereocenters. The molecule has 0 amide bonds. The van der Waals surface area contributed by atoms with E-state index in [2.05, 4.69) is 16.9 Å². The largest absolute Gasteiger partial charge is 0.457 e. The van der Waals surface area contributed by atoms with Crippen LogP contribution in [0.4, 0.5) is 8.78 Å². The number of benzene rings is 4. The Morgan fingerprint density at radius 3 is 2.38 bits per heavy atom. The van der Waals surface area contributed by atoms with Crippen molar-refractivity contribution in [3.63, 3.8) is 0 Å². The average molecular weight is 628 g/mol. The van der Waals surface area contributed by atoms with Crippen molar-refractivity contribution < 1.29 is 21.9 Å². The lowest BCUT2D eigenvalue weighted by molar-refractivity contribution is 0.149. The highest BCUT2D eigenvalue weighted by Crippen LogP contribution is 2.45. The van der Waals surface area contributed by atoms with E-state index in [4.69, 9.17) is 4.74 Å². The number of alkyl halides is 2. The van der Waals surface area contributed by atoms with Crippen molar-refractivity contribution >= 4 is 20.8 Å². The molecule has 0 atom stereocenters. The molecule has 0 bridgehead atoms. The lowest BCUT2D eigenvalue weighted by Crippen LogP contribution is -2.24. The van der Waals surface area contributed by atoms with E-state index in [1.807, 2.05) is 19.1 Å². The van der Waals surface area contributed by atoms with Gasteiger partial charge in [0.15, 0.2) is 0 Å². The van der Waals surface area contributed by atoms with Crippen LogP contribution in [0.3, 0.4) is 0 Å². The van der Waals surface area contributed by atoms with E-state index in [1.54, 1.807) is 42.5 Å². The molecular weight excluding hydrogens is 592 g/mol. The number of unbranched alkanes of at least 4 members (excludes halogenated alkanes) is 1. The molecule has 0 saturated heterocycles. The number of hydrogen-bond acceptors (Lipinski definition) is 5. The number of rotatable bonds is 11. The summed E-state index contributed by atoms with van der Waals surface area (Å²) in [5.74, 6) is 1.06. The molecule has 6 nitrogen and oxygen atoms in total. The number of halogens is 2. The van der Waals surface area contributed by atoms with Gasteiger partial charge < -0.3 is 4.74 Å². The highest BCUT2D eigenvalue weighted by molar-refractivity contribution is 7.89. The van der Waals surface area contributed by atoms with E-state index in [9.17, 15) is 27.7 Å². The van der Waals surface area contributed by atoms with Crippen LogP contribution in [0.1, 0.15) is 80.0 Å². The van der Waals surface area contributed by atoms with Crippen LogP contribution < -0.4 is 9.46 Å². The Morgan fingerprint density at radius 2 is 1.71 bits per heavy atom. The summed E-state index contributed by atoms with van der Waals surface area (Å²) in [5, 5.41) is 21.6. The maximum Gasteiger partial charge on any atom is 0.242 e. The molecule has 0 aromatic heterocycles. The maximum atomic E-state index is 13.7. The maximum absolute atomic E-state index is 13.7. The van der Waals surface area contributed by atoms with Crippen molar-refractivity contribution in [3.05, 3.63) is 89.0 Å². The van der Waals surface area contributed by atoms with Gasteiger partial charge in [-0.05, 0) is 83.7 Å². The monoisotopic (exact) mass is 627 g/mol. The molecule has 1 N–H and O–H groups in total. The molecule has 0 heterocycles. The fraction of sp³-hybridized carbons (Fsp3) is 0.333. The second kappa shape index (κ2) is 14.2. The summed E-state index contributed by atoms with van der Waals surface area (Å²) < 4.78 is 62.0. The molecule has 232 valence electrons. The zero-order chi connectivity index (χ0) is 32.0. The number of sulfonamides is 1. The summed E-state index contributed by atoms with van der Waals surface area (Å²) in [6.07, 6.45) is 3.86. The van der Waals surface area contributed by atoms with Gasteiger partial charge in [-0.15, -0.1) is 0 Å². The lowest BCUT2D eigenvalue weighted by Gasteiger charge is -2.24. The predicted molar refractivity (Wildman–Crippen MR) is 171 cm³/mol. The van der Waals surface area contributed by atoms with Crippen molar-refractivity contribution in [2.45, 2.75) is 75.5 Å². The Bertz CT molecular complexity index is 1870. The van der Waals surface area contributed by atoms with Gasteiger partial charge in [0.2, 0.25) is 16.4 Å². The zero-order valence-corrected chi connectivity index (χ0v) is 26.0. The van der Waals surface area contributed by atoms with Crippen LogP contribution in [-0.2, 0) is 16.4 Å². The second-order valence-corrected chi connectivity index (χ2v) is 13.2. The number of ether oxygens (including phenoxy) is 1. The van der Waals surface area contributed by atoms with Crippen molar-refractivity contribution in [1.29, 1.82) is 10.5 Å². The quantitative estimate of drug-likeness (QED) is 0.167. The van der Waals surface area contributed by atoms with E-state index in [0.29, 0.717) is 45.5 Å². The lowest BCUT2D eigenvalue weighted by atomic mass is 9.81. The van der Waals surface area contributed by atoms with E-state index in [1.165, 1.54) is 18.6 Å². The highest BCUT2D eigenvalue weighted by atomic mass is 32.2. The molecule has 45 heavy (non-hydrogen) atoms. The molecule has 1 fully saturated rings. The Kier molecular flexibility index (Phi) is 10.1. The molecule has 1 saturated carbocycles. The van der Waals surface area contributed by atoms with Crippen LogP contribution >= 0.6 is 0 Å². The summed E-state index contributed by atoms with van der Waals surface area (Å²) in [4.78, 5) is 0.110. The molecule has 9 heteroatoms. The molecule has 0 spiro atoms. The SMILES string of the molecule is CCCCNS(=O)(=O)c1ccc(Oc2cc(C3CCCCC3)cc3cc(C#N)c(C#N)c(-c4ccccc4CC(F)F)c23)cc1. The normalized spacial score (nSPS) is 13.9. The fourth-order valence-electron chi connectivity index (χ4n) is 6.14. The minimum Gasteiger partial charge on any atom is -0.457 e. The molecule has 4 aromatic rings. The third-order valence-electron chi connectivity index (χ3n) is 8.38. The van der Waals surface area contributed by atoms with E-state index >= 15 is 0 Å². The molecular formula is C36H35F2N3O3S. The third kappa shape index (κ3) is 7.17. The van der Waals surface area contributed by atoms with Gasteiger partial charge in [-0.3, -0.25) is 0 Å². The summed E-state index contributed by atoms with van der Waals surface area (Å²) >= 11 is 0. The minimum atomic E-state index is -3.69. The van der Waals surface area contributed by atoms with Crippen LogP contribution in [0.5, 0.6) is 11.5 Å². The first-order valence-corrected chi connectivity index (χ1v) is 16.8. The minimum absolute atomic E-state index is 0.0848. The van der Waals surface area contributed by atoms with Crippen molar-refractivity contribution in [1.82, 2.24) is 4.72 Å². The topological polar surface area (TPSA) is 103 Å². The number of fused-ring (bicyclic) bond motifs is 1. The standard InChI is InChI=1S/C36H35F2N3O3S/c1-2-3-17-41-45(42,43)30-15-13-29(14-16-30)44-33-20-26(24-9-5-4-6-10-24)18-27-19-28(22-39)32(23-40)36(35(27)33)31-12-8-7-11-25(31)21-34(37)38/h7-8,11-16,18-20,24,34,41H,2-6,9-10,17,21H2,1H3. The Labute approximate surface area is 263 Å². The van der Waals surface area contributed by atoms with E-state index < -0.39 is 22.9 Å². The van der Waals surface area contributed by atoms with Crippen molar-refractivity contribution in [2.75, 3.05) is 6.54 Å². The van der Waals surface area contributed by atoms with Gasteiger partial charge in [-0.1, -0.05) is 62.9 Å². The number of nitrogens with zero attached hydrogens (tertiary/aromatic N) is 2. The smallest absolute Gasteiger partial charge is 0.242 e. The van der Waals surface area contributed by atoms with Gasteiger partial charge in [-0.2, -0.15) is 10.5 Å². The van der Waals surface area contributed by atoms with Crippen molar-refractivity contribution in [3.8, 4) is 34.8 Å². The molecule has 4 aromatic carbocycles. The van der Waals surface area contributed by atoms with Gasteiger partial charge in [0.25, 0.3) is 0 Å². The fourth-order valence-corrected chi connectivity index (χ4v) is 7.22. The van der Waals surface area contributed by atoms with Crippen molar-refractivity contribution in [2.24, 2.45) is 0 Å². The van der Waals surface area contributed by atoms with Crippen LogP contribution in [0.25, 0.3) is 21.9 Å². The molecule has 5 rings (SSSR count). The van der Waals surface area contributed by atoms with E-state index in [-0.39, 0.29) is 21.9 Å². The molecule has 1 aliphatic rings. The predicted octanol–water partition coefficient (Wildman–Crippen LogP) is 8.98. The van der Waals surface area contributed by atoms with Crippen LogP contribution in [-0.4, -0.2) is 21.4 Å². The van der Waals surface area contributed by atoms with Crippen LogP contribution in [0, 0.1) is 22.7 Å². The number of nitriles is 2. The Hall–Kier alpha value is -4.31. The first kappa shape index (κ1) is 32.1. The first-order chi connectivity index (χ1) is 21.7. The summed E-state index contributed by atoms with van der Waals surface area (Å²) in [6, 6.07) is 22.8. The Balaban J connectivity index is 1.71.